The van der Waals surface area contributed by atoms with Gasteiger partial charge in [-0.15, -0.1) is 0 Å². The van der Waals surface area contributed by atoms with E-state index >= 15 is 0 Å². The number of aromatic nitrogens is 5. The van der Waals surface area contributed by atoms with Crippen molar-refractivity contribution < 1.29 is 9.47 Å². The number of imidazole rings is 1. The third-order valence-electron chi connectivity index (χ3n) is 6.08. The highest BCUT2D eigenvalue weighted by atomic mass is 16.5. The first-order valence-electron chi connectivity index (χ1n) is 10.8. The summed E-state index contributed by atoms with van der Waals surface area (Å²) < 4.78 is 11.2. The van der Waals surface area contributed by atoms with Gasteiger partial charge in [0.1, 0.15) is 11.3 Å². The third-order valence-corrected chi connectivity index (χ3v) is 6.08. The molecule has 0 radical (unpaired) electrons. The van der Waals surface area contributed by atoms with Crippen LogP contribution in [0.3, 0.4) is 0 Å². The van der Waals surface area contributed by atoms with E-state index < -0.39 is 0 Å². The molecule has 1 atom stereocenters. The van der Waals surface area contributed by atoms with Gasteiger partial charge in [0.2, 0.25) is 5.95 Å². The number of benzene rings is 1. The predicted octanol–water partition coefficient (Wildman–Crippen LogP) is 2.56. The lowest BCUT2D eigenvalue weighted by Gasteiger charge is -2.35. The third kappa shape index (κ3) is 3.30. The largest absolute Gasteiger partial charge is 0.378 e. The van der Waals surface area contributed by atoms with Crippen LogP contribution in [-0.4, -0.2) is 77.0 Å². The molecule has 2 fully saturated rings. The fourth-order valence-corrected chi connectivity index (χ4v) is 4.36. The zero-order valence-electron chi connectivity index (χ0n) is 17.5. The van der Waals surface area contributed by atoms with Crippen LogP contribution in [0.5, 0.6) is 0 Å². The summed E-state index contributed by atoms with van der Waals surface area (Å²) in [4.78, 5) is 26.0. The van der Waals surface area contributed by atoms with Crippen LogP contribution in [0, 0.1) is 0 Å². The van der Waals surface area contributed by atoms with Crippen molar-refractivity contribution >= 4 is 33.8 Å². The summed E-state index contributed by atoms with van der Waals surface area (Å²) in [6, 6.07) is 8.59. The second-order valence-electron chi connectivity index (χ2n) is 8.13. The average Bonchev–Trinajstić information content (AvgIpc) is 3.46. The number of aromatic amines is 2. The van der Waals surface area contributed by atoms with E-state index in [0.717, 1.165) is 47.9 Å². The lowest BCUT2D eigenvalue weighted by Crippen LogP contribution is -2.44. The quantitative estimate of drug-likeness (QED) is 0.527. The van der Waals surface area contributed by atoms with Gasteiger partial charge in [-0.1, -0.05) is 12.1 Å². The molecule has 1 aromatic carbocycles. The SMILES string of the molecule is C[C@@H]1COCCN1c1nc(N2CCOCC2)nc2nc(-c3ccc4cc[nH]c4c3)[nH]c12. The number of H-pyrrole nitrogens is 2. The number of rotatable bonds is 3. The molecule has 0 spiro atoms. The highest BCUT2D eigenvalue weighted by Crippen LogP contribution is 2.31. The van der Waals surface area contributed by atoms with Gasteiger partial charge < -0.3 is 29.2 Å². The maximum Gasteiger partial charge on any atom is 0.229 e. The van der Waals surface area contributed by atoms with Crippen LogP contribution in [0.15, 0.2) is 30.5 Å². The van der Waals surface area contributed by atoms with Gasteiger partial charge in [-0.25, -0.2) is 4.98 Å². The van der Waals surface area contributed by atoms with Crippen LogP contribution < -0.4 is 9.80 Å². The highest BCUT2D eigenvalue weighted by Gasteiger charge is 2.26. The molecule has 2 saturated heterocycles. The lowest BCUT2D eigenvalue weighted by molar-refractivity contribution is 0.0986. The molecule has 31 heavy (non-hydrogen) atoms. The van der Waals surface area contributed by atoms with Crippen molar-refractivity contribution in [3.63, 3.8) is 0 Å². The van der Waals surface area contributed by atoms with E-state index in [1.54, 1.807) is 0 Å². The van der Waals surface area contributed by atoms with E-state index in [2.05, 4.69) is 51.0 Å². The summed E-state index contributed by atoms with van der Waals surface area (Å²) in [5.41, 5.74) is 3.65. The Balaban J connectivity index is 1.49. The number of anilines is 2. The summed E-state index contributed by atoms with van der Waals surface area (Å²) in [5.74, 6) is 2.39. The summed E-state index contributed by atoms with van der Waals surface area (Å²) in [6.45, 7) is 7.26. The van der Waals surface area contributed by atoms with Gasteiger partial charge in [-0.05, 0) is 24.4 Å². The molecule has 4 aromatic rings. The van der Waals surface area contributed by atoms with Crippen molar-refractivity contribution in [1.82, 2.24) is 24.9 Å². The van der Waals surface area contributed by atoms with Crippen molar-refractivity contribution in [2.45, 2.75) is 13.0 Å². The molecule has 9 nitrogen and oxygen atoms in total. The highest BCUT2D eigenvalue weighted by molar-refractivity contribution is 5.89. The maximum absolute atomic E-state index is 5.66. The Morgan fingerprint density at radius 2 is 1.87 bits per heavy atom. The van der Waals surface area contributed by atoms with Crippen molar-refractivity contribution in [3.8, 4) is 11.4 Å². The lowest BCUT2D eigenvalue weighted by atomic mass is 10.1. The Kier molecular flexibility index (Phi) is 4.50. The smallest absolute Gasteiger partial charge is 0.229 e. The Morgan fingerprint density at radius 1 is 1.00 bits per heavy atom. The second kappa shape index (κ2) is 7.51. The van der Waals surface area contributed by atoms with Crippen molar-refractivity contribution in [1.29, 1.82) is 0 Å². The number of fused-ring (bicyclic) bond motifs is 2. The first-order valence-corrected chi connectivity index (χ1v) is 10.8. The zero-order chi connectivity index (χ0) is 20.8. The molecule has 0 amide bonds. The molecular formula is C22H25N7O2. The topological polar surface area (TPSA) is 95.2 Å². The van der Waals surface area contributed by atoms with Crippen LogP contribution in [0.1, 0.15) is 6.92 Å². The average molecular weight is 419 g/mol. The zero-order valence-corrected chi connectivity index (χ0v) is 17.5. The molecule has 0 bridgehead atoms. The van der Waals surface area contributed by atoms with Crippen LogP contribution in [0.4, 0.5) is 11.8 Å². The minimum atomic E-state index is 0.228. The van der Waals surface area contributed by atoms with E-state index in [1.165, 1.54) is 5.39 Å². The molecule has 160 valence electrons. The molecule has 0 saturated carbocycles. The molecule has 6 rings (SSSR count). The minimum Gasteiger partial charge on any atom is -0.378 e. The van der Waals surface area contributed by atoms with E-state index in [9.17, 15) is 0 Å². The molecule has 2 aliphatic rings. The molecule has 0 aliphatic carbocycles. The normalized spacial score (nSPS) is 20.1. The number of hydrogen-bond acceptors (Lipinski definition) is 7. The summed E-state index contributed by atoms with van der Waals surface area (Å²) in [5, 5.41) is 1.18. The second-order valence-corrected chi connectivity index (χ2v) is 8.13. The number of nitrogens with one attached hydrogen (secondary N) is 2. The van der Waals surface area contributed by atoms with E-state index in [4.69, 9.17) is 24.4 Å². The molecule has 2 N–H and O–H groups in total. The monoisotopic (exact) mass is 419 g/mol. The number of hydrogen-bond donors (Lipinski definition) is 2. The van der Waals surface area contributed by atoms with Gasteiger partial charge in [0.25, 0.3) is 0 Å². The number of nitrogens with zero attached hydrogens (tertiary/aromatic N) is 5. The van der Waals surface area contributed by atoms with Crippen molar-refractivity contribution in [2.75, 3.05) is 55.9 Å². The summed E-state index contributed by atoms with van der Waals surface area (Å²) in [6.07, 6.45) is 1.95. The maximum atomic E-state index is 5.66. The van der Waals surface area contributed by atoms with Crippen LogP contribution >= 0.6 is 0 Å². The molecule has 3 aromatic heterocycles. The molecule has 0 unspecified atom stereocenters. The summed E-state index contributed by atoms with van der Waals surface area (Å²) >= 11 is 0. The van der Waals surface area contributed by atoms with Gasteiger partial charge >= 0.3 is 0 Å². The number of morpholine rings is 2. The first kappa shape index (κ1) is 18.6. The molecule has 2 aliphatic heterocycles. The number of ether oxygens (including phenoxy) is 2. The van der Waals surface area contributed by atoms with Crippen molar-refractivity contribution in [2.24, 2.45) is 0 Å². The standard InChI is InChI=1S/C22H25N7O2/c1-14-13-31-11-8-29(14)21-18-20(26-22(27-21)28-6-9-30-10-7-28)25-19(24-18)16-3-2-15-4-5-23-17(15)12-16/h2-5,12,14,23H,6-11,13H2,1H3,(H,24,25,26,27)/t14-/m1/s1. The van der Waals surface area contributed by atoms with E-state index in [0.29, 0.717) is 38.0 Å². The van der Waals surface area contributed by atoms with Gasteiger partial charge in [-0.3, -0.25) is 0 Å². The predicted molar refractivity (Wildman–Crippen MR) is 120 cm³/mol. The Labute approximate surface area is 179 Å². The van der Waals surface area contributed by atoms with E-state index in [-0.39, 0.29) is 6.04 Å². The van der Waals surface area contributed by atoms with Crippen LogP contribution in [0.25, 0.3) is 33.5 Å². The van der Waals surface area contributed by atoms with Gasteiger partial charge in [-0.2, -0.15) is 9.97 Å². The van der Waals surface area contributed by atoms with E-state index in [1.807, 2.05) is 6.20 Å². The molecular weight excluding hydrogens is 394 g/mol. The fraction of sp³-hybridized carbons (Fsp3) is 0.409. The van der Waals surface area contributed by atoms with Crippen LogP contribution in [0.2, 0.25) is 0 Å². The van der Waals surface area contributed by atoms with Gasteiger partial charge in [0.15, 0.2) is 11.5 Å². The Morgan fingerprint density at radius 3 is 2.74 bits per heavy atom. The first-order chi connectivity index (χ1) is 15.3. The van der Waals surface area contributed by atoms with Gasteiger partial charge in [0, 0.05) is 36.9 Å². The Bertz CT molecular complexity index is 1230. The molecule has 9 heteroatoms. The summed E-state index contributed by atoms with van der Waals surface area (Å²) in [7, 11) is 0. The minimum absolute atomic E-state index is 0.228. The Hall–Kier alpha value is -3.17. The molecule has 5 heterocycles. The fourth-order valence-electron chi connectivity index (χ4n) is 4.36. The van der Waals surface area contributed by atoms with Crippen molar-refractivity contribution in [3.05, 3.63) is 30.5 Å². The van der Waals surface area contributed by atoms with Gasteiger partial charge in [0.05, 0.1) is 32.5 Å². The van der Waals surface area contributed by atoms with Crippen LogP contribution in [-0.2, 0) is 9.47 Å².